The molecule has 2 rings (SSSR count). The number of nitrogens with one attached hydrogen (secondary N) is 2. The fourth-order valence-corrected chi connectivity index (χ4v) is 2.29. The maximum absolute atomic E-state index is 4.43. The van der Waals surface area contributed by atoms with Crippen molar-refractivity contribution in [2.45, 2.75) is 32.7 Å². The van der Waals surface area contributed by atoms with Crippen LogP contribution in [0, 0.1) is 5.41 Å². The standard InChI is InChI=1S/C12H24N4/c1-10-8-13-11(15-10)14-9-12(2)4-6-16(3)7-5-12/h10H,4-9H2,1-3H3,(H2,13,14,15). The molecule has 4 nitrogen and oxygen atoms in total. The summed E-state index contributed by atoms with van der Waals surface area (Å²) in [5, 5.41) is 6.81. The number of piperidine rings is 1. The molecule has 1 atom stereocenters. The third-order valence-corrected chi connectivity index (χ3v) is 3.78. The van der Waals surface area contributed by atoms with Crippen LogP contribution < -0.4 is 10.6 Å². The Morgan fingerprint density at radius 1 is 1.50 bits per heavy atom. The van der Waals surface area contributed by atoms with Gasteiger partial charge in [0.05, 0.1) is 6.54 Å². The summed E-state index contributed by atoms with van der Waals surface area (Å²) in [4.78, 5) is 6.84. The zero-order chi connectivity index (χ0) is 11.6. The number of aliphatic imine (C=N–C) groups is 1. The third kappa shape index (κ3) is 2.88. The first-order valence-corrected chi connectivity index (χ1v) is 6.31. The average Bonchev–Trinajstić information content (AvgIpc) is 2.67. The van der Waals surface area contributed by atoms with Gasteiger partial charge in [-0.2, -0.15) is 0 Å². The van der Waals surface area contributed by atoms with Gasteiger partial charge in [-0.1, -0.05) is 6.92 Å². The van der Waals surface area contributed by atoms with Crippen molar-refractivity contribution < 1.29 is 0 Å². The summed E-state index contributed by atoms with van der Waals surface area (Å²) in [5.74, 6) is 0.993. The van der Waals surface area contributed by atoms with E-state index < -0.39 is 0 Å². The van der Waals surface area contributed by atoms with Gasteiger partial charge in [-0.25, -0.2) is 0 Å². The Morgan fingerprint density at radius 3 is 2.75 bits per heavy atom. The monoisotopic (exact) mass is 224 g/mol. The summed E-state index contributed by atoms with van der Waals surface area (Å²) in [5.41, 5.74) is 0.433. The zero-order valence-corrected chi connectivity index (χ0v) is 10.7. The number of guanidine groups is 1. The molecular weight excluding hydrogens is 200 g/mol. The van der Waals surface area contributed by atoms with E-state index in [0.29, 0.717) is 11.5 Å². The molecule has 0 spiro atoms. The summed E-state index contributed by atoms with van der Waals surface area (Å²) in [7, 11) is 2.21. The molecule has 0 amide bonds. The minimum Gasteiger partial charge on any atom is -0.356 e. The van der Waals surface area contributed by atoms with Crippen LogP contribution >= 0.6 is 0 Å². The van der Waals surface area contributed by atoms with Gasteiger partial charge >= 0.3 is 0 Å². The lowest BCUT2D eigenvalue weighted by molar-refractivity contribution is 0.142. The van der Waals surface area contributed by atoms with Crippen LogP contribution in [0.3, 0.4) is 0 Å². The Labute approximate surface area is 98.5 Å². The number of hydrogen-bond acceptors (Lipinski definition) is 4. The largest absolute Gasteiger partial charge is 0.356 e. The highest BCUT2D eigenvalue weighted by Gasteiger charge is 2.29. The van der Waals surface area contributed by atoms with Crippen LogP contribution in [0.15, 0.2) is 4.99 Å². The molecule has 2 aliphatic rings. The summed E-state index contributed by atoms with van der Waals surface area (Å²) >= 11 is 0. The summed E-state index contributed by atoms with van der Waals surface area (Å²) in [6.45, 7) is 8.92. The van der Waals surface area contributed by atoms with Gasteiger partial charge in [-0.3, -0.25) is 4.99 Å². The lowest BCUT2D eigenvalue weighted by atomic mass is 9.80. The first-order valence-electron chi connectivity index (χ1n) is 6.31. The normalized spacial score (nSPS) is 29.7. The smallest absolute Gasteiger partial charge is 0.191 e. The second kappa shape index (κ2) is 4.62. The van der Waals surface area contributed by atoms with Crippen molar-refractivity contribution in [2.24, 2.45) is 10.4 Å². The molecule has 0 aromatic heterocycles. The molecule has 0 aliphatic carbocycles. The molecule has 0 bridgehead atoms. The number of rotatable bonds is 2. The molecule has 16 heavy (non-hydrogen) atoms. The molecule has 0 aromatic carbocycles. The number of hydrogen-bond donors (Lipinski definition) is 2. The lowest BCUT2D eigenvalue weighted by Crippen LogP contribution is -2.46. The highest BCUT2D eigenvalue weighted by molar-refractivity contribution is 5.81. The Kier molecular flexibility index (Phi) is 3.38. The van der Waals surface area contributed by atoms with Gasteiger partial charge in [0.1, 0.15) is 0 Å². The minimum absolute atomic E-state index is 0.433. The van der Waals surface area contributed by atoms with Crippen LogP contribution in [0.2, 0.25) is 0 Å². The van der Waals surface area contributed by atoms with Gasteiger partial charge in [0.2, 0.25) is 0 Å². The molecule has 1 fully saturated rings. The summed E-state index contributed by atoms with van der Waals surface area (Å²) in [6, 6.07) is 0.493. The molecule has 1 saturated heterocycles. The third-order valence-electron chi connectivity index (χ3n) is 3.78. The SMILES string of the molecule is CC1CN=C(NCC2(C)CCN(C)CC2)N1. The van der Waals surface area contributed by atoms with Crippen LogP contribution in [-0.2, 0) is 0 Å². The molecule has 4 heteroatoms. The molecular formula is C12H24N4. The maximum atomic E-state index is 4.43. The van der Waals surface area contributed by atoms with E-state index in [2.05, 4.69) is 41.4 Å². The van der Waals surface area contributed by atoms with E-state index in [9.17, 15) is 0 Å². The molecule has 0 saturated carbocycles. The topological polar surface area (TPSA) is 39.7 Å². The van der Waals surface area contributed by atoms with Crippen molar-refractivity contribution in [2.75, 3.05) is 33.2 Å². The van der Waals surface area contributed by atoms with Gasteiger partial charge in [-0.05, 0) is 45.3 Å². The molecule has 2 N–H and O–H groups in total. The van der Waals surface area contributed by atoms with E-state index in [1.54, 1.807) is 0 Å². The van der Waals surface area contributed by atoms with Crippen LogP contribution in [0.4, 0.5) is 0 Å². The van der Waals surface area contributed by atoms with Crippen molar-refractivity contribution in [1.29, 1.82) is 0 Å². The van der Waals surface area contributed by atoms with E-state index in [4.69, 9.17) is 0 Å². The molecule has 1 unspecified atom stereocenters. The second-order valence-electron chi connectivity index (χ2n) is 5.70. The van der Waals surface area contributed by atoms with Gasteiger partial charge in [0.15, 0.2) is 5.96 Å². The first kappa shape index (κ1) is 11.7. The van der Waals surface area contributed by atoms with Gasteiger partial charge in [-0.15, -0.1) is 0 Å². The summed E-state index contributed by atoms with van der Waals surface area (Å²) < 4.78 is 0. The van der Waals surface area contributed by atoms with Crippen molar-refractivity contribution in [1.82, 2.24) is 15.5 Å². The number of nitrogens with zero attached hydrogens (tertiary/aromatic N) is 2. The second-order valence-corrected chi connectivity index (χ2v) is 5.70. The predicted molar refractivity (Wildman–Crippen MR) is 67.7 cm³/mol. The van der Waals surface area contributed by atoms with Crippen molar-refractivity contribution in [3.8, 4) is 0 Å². The van der Waals surface area contributed by atoms with E-state index in [1.165, 1.54) is 25.9 Å². The van der Waals surface area contributed by atoms with Crippen molar-refractivity contribution >= 4 is 5.96 Å². The molecule has 2 heterocycles. The Bertz CT molecular complexity index is 266. The molecule has 2 aliphatic heterocycles. The highest BCUT2D eigenvalue weighted by Crippen LogP contribution is 2.29. The van der Waals surface area contributed by atoms with Crippen molar-refractivity contribution in [3.05, 3.63) is 0 Å². The van der Waals surface area contributed by atoms with E-state index in [-0.39, 0.29) is 0 Å². The van der Waals surface area contributed by atoms with Crippen LogP contribution in [0.1, 0.15) is 26.7 Å². The Hall–Kier alpha value is -0.770. The Balaban J connectivity index is 1.77. The average molecular weight is 224 g/mol. The van der Waals surface area contributed by atoms with Crippen LogP contribution in [0.5, 0.6) is 0 Å². The first-order chi connectivity index (χ1) is 7.57. The van der Waals surface area contributed by atoms with E-state index in [0.717, 1.165) is 19.0 Å². The van der Waals surface area contributed by atoms with Crippen LogP contribution in [0.25, 0.3) is 0 Å². The van der Waals surface area contributed by atoms with Crippen molar-refractivity contribution in [3.63, 3.8) is 0 Å². The molecule has 0 radical (unpaired) electrons. The fourth-order valence-electron chi connectivity index (χ4n) is 2.29. The summed E-state index contributed by atoms with van der Waals surface area (Å²) in [6.07, 6.45) is 2.55. The molecule has 92 valence electrons. The number of likely N-dealkylation sites (tertiary alicyclic amines) is 1. The highest BCUT2D eigenvalue weighted by atomic mass is 15.2. The predicted octanol–water partition coefficient (Wildman–Crippen LogP) is 0.656. The maximum Gasteiger partial charge on any atom is 0.191 e. The fraction of sp³-hybridized carbons (Fsp3) is 0.917. The van der Waals surface area contributed by atoms with Crippen LogP contribution in [-0.4, -0.2) is 50.1 Å². The zero-order valence-electron chi connectivity index (χ0n) is 10.7. The minimum atomic E-state index is 0.433. The van der Waals surface area contributed by atoms with Gasteiger partial charge in [0.25, 0.3) is 0 Å². The lowest BCUT2D eigenvalue weighted by Gasteiger charge is -2.38. The quantitative estimate of drug-likeness (QED) is 0.724. The van der Waals surface area contributed by atoms with Gasteiger partial charge in [0, 0.05) is 12.6 Å². The molecule has 0 aromatic rings. The Morgan fingerprint density at radius 2 is 2.19 bits per heavy atom. The van der Waals surface area contributed by atoms with E-state index in [1.807, 2.05) is 0 Å². The van der Waals surface area contributed by atoms with Gasteiger partial charge < -0.3 is 15.5 Å². The van der Waals surface area contributed by atoms with E-state index >= 15 is 0 Å².